The van der Waals surface area contributed by atoms with Crippen LogP contribution < -0.4 is 4.72 Å². The maximum atomic E-state index is 12.9. The monoisotopic (exact) mass is 422 g/mol. The van der Waals surface area contributed by atoms with Crippen molar-refractivity contribution in [3.05, 3.63) is 54.4 Å². The van der Waals surface area contributed by atoms with E-state index < -0.39 is 20.0 Å². The van der Waals surface area contributed by atoms with Gasteiger partial charge < -0.3 is 4.52 Å². The summed E-state index contributed by atoms with van der Waals surface area (Å²) in [5.74, 6) is 0.578. The van der Waals surface area contributed by atoms with Gasteiger partial charge >= 0.3 is 0 Å². The van der Waals surface area contributed by atoms with Gasteiger partial charge in [-0.05, 0) is 30.3 Å². The van der Waals surface area contributed by atoms with E-state index in [-0.39, 0.29) is 21.3 Å². The summed E-state index contributed by atoms with van der Waals surface area (Å²) >= 11 is 0. The standard InChI is InChI=1S/C17H18N4O5S2/c1-12-18-17(19-26-12)15-9-4-5-10-16(15)20-27(22,23)13-7-6-8-14(11-13)28(24,25)21(2)3/h4-11,20H,1-3H3. The van der Waals surface area contributed by atoms with E-state index in [1.807, 2.05) is 0 Å². The van der Waals surface area contributed by atoms with Gasteiger partial charge in [0.15, 0.2) is 0 Å². The van der Waals surface area contributed by atoms with Gasteiger partial charge in [-0.2, -0.15) is 4.98 Å². The molecule has 2 aromatic carbocycles. The number of hydrogen-bond donors (Lipinski definition) is 1. The molecule has 0 aliphatic rings. The fraction of sp³-hybridized carbons (Fsp3) is 0.176. The van der Waals surface area contributed by atoms with Crippen molar-refractivity contribution in [2.45, 2.75) is 16.7 Å². The van der Waals surface area contributed by atoms with E-state index in [9.17, 15) is 16.8 Å². The van der Waals surface area contributed by atoms with E-state index in [4.69, 9.17) is 4.52 Å². The van der Waals surface area contributed by atoms with Gasteiger partial charge in [-0.15, -0.1) is 0 Å². The third-order valence-electron chi connectivity index (χ3n) is 3.83. The van der Waals surface area contributed by atoms with Crippen LogP contribution >= 0.6 is 0 Å². The van der Waals surface area contributed by atoms with Crippen molar-refractivity contribution in [3.63, 3.8) is 0 Å². The molecule has 0 spiro atoms. The van der Waals surface area contributed by atoms with Gasteiger partial charge in [0.05, 0.1) is 15.5 Å². The molecule has 0 amide bonds. The second kappa shape index (κ2) is 7.34. The van der Waals surface area contributed by atoms with Crippen molar-refractivity contribution in [2.24, 2.45) is 0 Å². The minimum absolute atomic E-state index is 0.123. The molecular formula is C17H18N4O5S2. The highest BCUT2D eigenvalue weighted by Crippen LogP contribution is 2.28. The molecule has 11 heteroatoms. The molecule has 0 atom stereocenters. The van der Waals surface area contributed by atoms with E-state index in [2.05, 4.69) is 14.9 Å². The summed E-state index contributed by atoms with van der Waals surface area (Å²) in [7, 11) is -5.09. The van der Waals surface area contributed by atoms with Crippen molar-refractivity contribution in [1.82, 2.24) is 14.4 Å². The van der Waals surface area contributed by atoms with Crippen molar-refractivity contribution >= 4 is 25.7 Å². The largest absolute Gasteiger partial charge is 0.339 e. The van der Waals surface area contributed by atoms with Gasteiger partial charge in [0.1, 0.15) is 0 Å². The number of benzene rings is 2. The quantitative estimate of drug-likeness (QED) is 0.645. The molecule has 9 nitrogen and oxygen atoms in total. The van der Waals surface area contributed by atoms with Crippen LogP contribution in [-0.4, -0.2) is 45.4 Å². The number of aromatic nitrogens is 2. The molecule has 0 saturated heterocycles. The van der Waals surface area contributed by atoms with E-state index >= 15 is 0 Å². The van der Waals surface area contributed by atoms with Crippen LogP contribution in [0.15, 0.2) is 62.8 Å². The van der Waals surface area contributed by atoms with Crippen LogP contribution in [0.5, 0.6) is 0 Å². The fourth-order valence-electron chi connectivity index (χ4n) is 2.39. The first kappa shape index (κ1) is 20.0. The number of hydrogen-bond acceptors (Lipinski definition) is 7. The molecule has 0 radical (unpaired) electrons. The number of para-hydroxylation sites is 1. The Labute approximate surface area is 163 Å². The Hall–Kier alpha value is -2.76. The van der Waals surface area contributed by atoms with Gasteiger partial charge in [0.25, 0.3) is 10.0 Å². The number of anilines is 1. The van der Waals surface area contributed by atoms with Gasteiger partial charge in [0, 0.05) is 26.6 Å². The number of nitrogens with one attached hydrogen (secondary N) is 1. The Kier molecular flexibility index (Phi) is 5.24. The second-order valence-corrected chi connectivity index (χ2v) is 9.88. The molecule has 0 aliphatic heterocycles. The Morgan fingerprint density at radius 1 is 0.964 bits per heavy atom. The Morgan fingerprint density at radius 3 is 2.29 bits per heavy atom. The molecule has 0 fully saturated rings. The first-order valence-corrected chi connectivity index (χ1v) is 11.0. The molecule has 0 bridgehead atoms. The van der Waals surface area contributed by atoms with Crippen LogP contribution in [0.25, 0.3) is 11.4 Å². The number of sulfonamides is 2. The van der Waals surface area contributed by atoms with Crippen LogP contribution in [0.4, 0.5) is 5.69 Å². The summed E-state index contributed by atoms with van der Waals surface area (Å²) in [6.07, 6.45) is 0. The molecule has 1 heterocycles. The number of aryl methyl sites for hydroxylation is 1. The van der Waals surface area contributed by atoms with E-state index in [1.54, 1.807) is 31.2 Å². The molecule has 3 aromatic rings. The highest BCUT2D eigenvalue weighted by molar-refractivity contribution is 7.93. The third-order valence-corrected chi connectivity index (χ3v) is 7.01. The molecular weight excluding hydrogens is 404 g/mol. The lowest BCUT2D eigenvalue weighted by atomic mass is 10.2. The summed E-state index contributed by atoms with van der Waals surface area (Å²) in [4.78, 5) is 3.80. The lowest BCUT2D eigenvalue weighted by Gasteiger charge is -2.14. The molecule has 1 aromatic heterocycles. The van der Waals surface area contributed by atoms with E-state index in [1.165, 1.54) is 32.3 Å². The van der Waals surface area contributed by atoms with E-state index in [0.717, 1.165) is 10.4 Å². The fourth-order valence-corrected chi connectivity index (χ4v) is 4.54. The molecule has 28 heavy (non-hydrogen) atoms. The van der Waals surface area contributed by atoms with Crippen molar-refractivity contribution in [3.8, 4) is 11.4 Å². The highest BCUT2D eigenvalue weighted by Gasteiger charge is 2.22. The predicted molar refractivity (Wildman–Crippen MR) is 103 cm³/mol. The van der Waals surface area contributed by atoms with Crippen LogP contribution in [-0.2, 0) is 20.0 Å². The Morgan fingerprint density at radius 2 is 1.64 bits per heavy atom. The Bertz CT molecular complexity index is 1220. The normalized spacial score (nSPS) is 12.3. The van der Waals surface area contributed by atoms with Crippen LogP contribution in [0.3, 0.4) is 0 Å². The zero-order valence-corrected chi connectivity index (χ0v) is 17.0. The third kappa shape index (κ3) is 3.91. The van der Waals surface area contributed by atoms with Crippen molar-refractivity contribution in [1.29, 1.82) is 0 Å². The first-order chi connectivity index (χ1) is 13.1. The van der Waals surface area contributed by atoms with Crippen molar-refractivity contribution in [2.75, 3.05) is 18.8 Å². The summed E-state index contributed by atoms with van der Waals surface area (Å²) in [6, 6.07) is 11.7. The van der Waals surface area contributed by atoms with E-state index in [0.29, 0.717) is 11.5 Å². The summed E-state index contributed by atoms with van der Waals surface area (Å²) < 4.78 is 58.7. The average Bonchev–Trinajstić information content (AvgIpc) is 3.08. The molecule has 148 valence electrons. The summed E-state index contributed by atoms with van der Waals surface area (Å²) in [5, 5.41) is 3.81. The topological polar surface area (TPSA) is 122 Å². The second-order valence-electron chi connectivity index (χ2n) is 6.05. The minimum Gasteiger partial charge on any atom is -0.339 e. The van der Waals surface area contributed by atoms with Crippen molar-refractivity contribution < 1.29 is 21.4 Å². The lowest BCUT2D eigenvalue weighted by Crippen LogP contribution is -2.22. The van der Waals surface area contributed by atoms with Crippen LogP contribution in [0.2, 0.25) is 0 Å². The smallest absolute Gasteiger partial charge is 0.261 e. The first-order valence-electron chi connectivity index (χ1n) is 8.06. The molecule has 1 N–H and O–H groups in total. The maximum Gasteiger partial charge on any atom is 0.261 e. The Balaban J connectivity index is 2.01. The van der Waals surface area contributed by atoms with Gasteiger partial charge in [0.2, 0.25) is 21.7 Å². The minimum atomic E-state index is -4.06. The number of nitrogens with zero attached hydrogens (tertiary/aromatic N) is 3. The lowest BCUT2D eigenvalue weighted by molar-refractivity contribution is 0.394. The molecule has 3 rings (SSSR count). The van der Waals surface area contributed by atoms with Gasteiger partial charge in [-0.25, -0.2) is 21.1 Å². The highest BCUT2D eigenvalue weighted by atomic mass is 32.2. The molecule has 0 saturated carbocycles. The van der Waals surface area contributed by atoms with Crippen LogP contribution in [0.1, 0.15) is 5.89 Å². The summed E-state index contributed by atoms with van der Waals surface area (Å²) in [6.45, 7) is 1.62. The molecule has 0 aliphatic carbocycles. The SMILES string of the molecule is Cc1nc(-c2ccccc2NS(=O)(=O)c2cccc(S(=O)(=O)N(C)C)c2)no1. The number of rotatable bonds is 6. The zero-order chi connectivity index (χ0) is 20.5. The van der Waals surface area contributed by atoms with Gasteiger partial charge in [-0.1, -0.05) is 23.4 Å². The average molecular weight is 422 g/mol. The molecule has 0 unspecified atom stereocenters. The van der Waals surface area contributed by atoms with Gasteiger partial charge in [-0.3, -0.25) is 4.72 Å². The van der Waals surface area contributed by atoms with Crippen LogP contribution in [0, 0.1) is 6.92 Å². The zero-order valence-electron chi connectivity index (χ0n) is 15.3. The summed E-state index contributed by atoms with van der Waals surface area (Å²) in [5.41, 5.74) is 0.671. The predicted octanol–water partition coefficient (Wildman–Crippen LogP) is 2.10. The maximum absolute atomic E-state index is 12.9.